The summed E-state index contributed by atoms with van der Waals surface area (Å²) in [4.78, 5) is 11.8. The van der Waals surface area contributed by atoms with Crippen molar-refractivity contribution in [1.29, 1.82) is 0 Å². The second-order valence-corrected chi connectivity index (χ2v) is 4.43. The highest BCUT2D eigenvalue weighted by Gasteiger charge is 2.31. The van der Waals surface area contributed by atoms with Crippen LogP contribution < -0.4 is 10.6 Å². The molecule has 0 saturated carbocycles. The first-order valence-electron chi connectivity index (χ1n) is 6.17. The zero-order valence-corrected chi connectivity index (χ0v) is 11.2. The third-order valence-corrected chi connectivity index (χ3v) is 2.73. The average molecular weight is 290 g/mol. The van der Waals surface area contributed by atoms with Gasteiger partial charge in [0.05, 0.1) is 11.3 Å². The number of hydrogen-bond donors (Lipinski definition) is 3. The van der Waals surface area contributed by atoms with E-state index in [-0.39, 0.29) is 5.69 Å². The number of benzene rings is 1. The van der Waals surface area contributed by atoms with E-state index in [0.717, 1.165) is 12.1 Å². The summed E-state index contributed by atoms with van der Waals surface area (Å²) in [5.41, 5.74) is -1.17. The van der Waals surface area contributed by atoms with E-state index in [0.29, 0.717) is 19.2 Å². The Morgan fingerprint density at radius 3 is 2.60 bits per heavy atom. The number of phenols is 1. The van der Waals surface area contributed by atoms with Gasteiger partial charge in [-0.15, -0.1) is 0 Å². The molecule has 7 heteroatoms. The molecule has 1 aromatic rings. The second kappa shape index (κ2) is 6.60. The zero-order chi connectivity index (χ0) is 15.3. The van der Waals surface area contributed by atoms with E-state index in [9.17, 15) is 23.1 Å². The van der Waals surface area contributed by atoms with E-state index in [1.165, 1.54) is 0 Å². The van der Waals surface area contributed by atoms with Crippen LogP contribution in [0.15, 0.2) is 18.2 Å². The fourth-order valence-corrected chi connectivity index (χ4v) is 1.52. The summed E-state index contributed by atoms with van der Waals surface area (Å²) in [7, 11) is 0. The number of amides is 1. The van der Waals surface area contributed by atoms with Gasteiger partial charge in [-0.1, -0.05) is 13.8 Å². The van der Waals surface area contributed by atoms with Crippen molar-refractivity contribution in [1.82, 2.24) is 5.32 Å². The lowest BCUT2D eigenvalue weighted by atomic mass is 10.1. The van der Waals surface area contributed by atoms with E-state index in [2.05, 4.69) is 10.6 Å². The van der Waals surface area contributed by atoms with Crippen LogP contribution in [0.1, 0.15) is 19.4 Å². The van der Waals surface area contributed by atoms with Crippen molar-refractivity contribution < 1.29 is 23.1 Å². The van der Waals surface area contributed by atoms with Gasteiger partial charge in [0.25, 0.3) is 0 Å². The highest BCUT2D eigenvalue weighted by Crippen LogP contribution is 2.34. The van der Waals surface area contributed by atoms with Crippen LogP contribution in [0.3, 0.4) is 0 Å². The van der Waals surface area contributed by atoms with Crippen molar-refractivity contribution >= 4 is 11.6 Å². The molecule has 1 amide bonds. The van der Waals surface area contributed by atoms with Crippen molar-refractivity contribution in [2.75, 3.05) is 18.4 Å². The Labute approximate surface area is 115 Å². The molecule has 0 radical (unpaired) electrons. The van der Waals surface area contributed by atoms with Gasteiger partial charge in [-0.05, 0) is 24.7 Å². The molecular weight excluding hydrogens is 273 g/mol. The van der Waals surface area contributed by atoms with E-state index in [4.69, 9.17) is 0 Å². The van der Waals surface area contributed by atoms with E-state index < -0.39 is 29.3 Å². The normalized spacial score (nSPS) is 13.1. The van der Waals surface area contributed by atoms with Gasteiger partial charge < -0.3 is 15.7 Å². The number of nitrogens with one attached hydrogen (secondary N) is 2. The number of phenolic OH excluding ortho intramolecular Hbond substituents is 1. The monoisotopic (exact) mass is 290 g/mol. The molecule has 0 aliphatic heterocycles. The SMILES string of the molecule is CCNCC(C)C(=O)Nc1cc(C(F)(F)F)ccc1O. The average Bonchev–Trinajstić information content (AvgIpc) is 2.37. The van der Waals surface area contributed by atoms with Gasteiger partial charge in [-0.2, -0.15) is 13.2 Å². The molecule has 1 unspecified atom stereocenters. The largest absolute Gasteiger partial charge is 0.506 e. The molecule has 0 fully saturated rings. The standard InChI is InChI=1S/C13H17F3N2O2/c1-3-17-7-8(2)12(20)18-10-6-9(13(14,15)16)4-5-11(10)19/h4-6,8,17,19H,3,7H2,1-2H3,(H,18,20). The maximum absolute atomic E-state index is 12.6. The molecule has 4 nitrogen and oxygen atoms in total. The molecule has 0 aromatic heterocycles. The summed E-state index contributed by atoms with van der Waals surface area (Å²) in [6, 6.07) is 2.38. The predicted octanol–water partition coefficient (Wildman–Crippen LogP) is 2.60. The van der Waals surface area contributed by atoms with Gasteiger partial charge in [0.1, 0.15) is 5.75 Å². The predicted molar refractivity (Wildman–Crippen MR) is 69.4 cm³/mol. The minimum atomic E-state index is -4.53. The highest BCUT2D eigenvalue weighted by molar-refractivity contribution is 5.93. The number of aromatic hydroxyl groups is 1. The summed E-state index contributed by atoms with van der Waals surface area (Å²) in [5, 5.41) is 14.8. The minimum Gasteiger partial charge on any atom is -0.506 e. The Kier molecular flexibility index (Phi) is 5.38. The van der Waals surface area contributed by atoms with Gasteiger partial charge in [-0.25, -0.2) is 0 Å². The second-order valence-electron chi connectivity index (χ2n) is 4.43. The molecule has 20 heavy (non-hydrogen) atoms. The van der Waals surface area contributed by atoms with Gasteiger partial charge in [0.2, 0.25) is 5.91 Å². The molecule has 0 aliphatic carbocycles. The van der Waals surface area contributed by atoms with Crippen molar-refractivity contribution in [3.8, 4) is 5.75 Å². The Morgan fingerprint density at radius 2 is 2.05 bits per heavy atom. The number of carbonyl (C=O) groups is 1. The molecule has 0 heterocycles. The molecule has 3 N–H and O–H groups in total. The Bertz CT molecular complexity index is 475. The van der Waals surface area contributed by atoms with Crippen molar-refractivity contribution in [3.05, 3.63) is 23.8 Å². The third-order valence-electron chi connectivity index (χ3n) is 2.73. The topological polar surface area (TPSA) is 61.4 Å². The lowest BCUT2D eigenvalue weighted by Crippen LogP contribution is -2.30. The Morgan fingerprint density at radius 1 is 1.40 bits per heavy atom. The van der Waals surface area contributed by atoms with E-state index in [1.807, 2.05) is 6.92 Å². The maximum atomic E-state index is 12.6. The quantitative estimate of drug-likeness (QED) is 0.730. The highest BCUT2D eigenvalue weighted by atomic mass is 19.4. The third kappa shape index (κ3) is 4.41. The van der Waals surface area contributed by atoms with Crippen LogP contribution in [-0.4, -0.2) is 24.1 Å². The zero-order valence-electron chi connectivity index (χ0n) is 11.2. The molecular formula is C13H17F3N2O2. The molecule has 0 spiro atoms. The molecule has 1 rings (SSSR count). The lowest BCUT2D eigenvalue weighted by molar-refractivity contribution is -0.137. The van der Waals surface area contributed by atoms with Gasteiger partial charge >= 0.3 is 6.18 Å². The van der Waals surface area contributed by atoms with Crippen LogP contribution in [0.4, 0.5) is 18.9 Å². The molecule has 1 aromatic carbocycles. The molecule has 112 valence electrons. The maximum Gasteiger partial charge on any atom is 0.416 e. The van der Waals surface area contributed by atoms with Gasteiger partial charge in [-0.3, -0.25) is 4.79 Å². The van der Waals surface area contributed by atoms with Crippen LogP contribution in [0, 0.1) is 5.92 Å². The number of halogens is 3. The van der Waals surface area contributed by atoms with Crippen LogP contribution >= 0.6 is 0 Å². The Balaban J connectivity index is 2.84. The summed E-state index contributed by atoms with van der Waals surface area (Å²) < 4.78 is 37.7. The molecule has 0 saturated heterocycles. The summed E-state index contributed by atoms with van der Waals surface area (Å²) in [5.74, 6) is -1.29. The van der Waals surface area contributed by atoms with E-state index in [1.54, 1.807) is 6.92 Å². The molecule has 1 atom stereocenters. The van der Waals surface area contributed by atoms with Crippen molar-refractivity contribution in [2.24, 2.45) is 5.92 Å². The first-order chi connectivity index (χ1) is 9.25. The van der Waals surface area contributed by atoms with Crippen molar-refractivity contribution in [2.45, 2.75) is 20.0 Å². The smallest absolute Gasteiger partial charge is 0.416 e. The summed E-state index contributed by atoms with van der Waals surface area (Å²) in [6.45, 7) is 4.61. The lowest BCUT2D eigenvalue weighted by Gasteiger charge is -2.15. The van der Waals surface area contributed by atoms with Gasteiger partial charge in [0, 0.05) is 12.5 Å². The first kappa shape index (κ1) is 16.3. The Hall–Kier alpha value is -1.76. The van der Waals surface area contributed by atoms with Crippen LogP contribution in [0.25, 0.3) is 0 Å². The summed E-state index contributed by atoms with van der Waals surface area (Å²) in [6.07, 6.45) is -4.53. The minimum absolute atomic E-state index is 0.242. The fraction of sp³-hybridized carbons (Fsp3) is 0.462. The first-order valence-corrected chi connectivity index (χ1v) is 6.17. The van der Waals surface area contributed by atoms with E-state index >= 15 is 0 Å². The fourth-order valence-electron chi connectivity index (χ4n) is 1.52. The van der Waals surface area contributed by atoms with Crippen LogP contribution in [-0.2, 0) is 11.0 Å². The molecule has 0 bridgehead atoms. The number of carbonyl (C=O) groups excluding carboxylic acids is 1. The van der Waals surface area contributed by atoms with Crippen molar-refractivity contribution in [3.63, 3.8) is 0 Å². The number of rotatable bonds is 5. The van der Waals surface area contributed by atoms with Gasteiger partial charge in [0.15, 0.2) is 0 Å². The number of hydrogen-bond acceptors (Lipinski definition) is 3. The molecule has 0 aliphatic rings. The number of alkyl halides is 3. The summed E-state index contributed by atoms with van der Waals surface area (Å²) >= 11 is 0. The van der Waals surface area contributed by atoms with Crippen LogP contribution in [0.5, 0.6) is 5.75 Å². The van der Waals surface area contributed by atoms with Crippen LogP contribution in [0.2, 0.25) is 0 Å². The number of anilines is 1.